The van der Waals surface area contributed by atoms with Crippen LogP contribution in [0.5, 0.6) is 0 Å². The highest BCUT2D eigenvalue weighted by atomic mass is 16.3. The van der Waals surface area contributed by atoms with E-state index in [1.165, 1.54) is 0 Å². The highest BCUT2D eigenvalue weighted by Gasteiger charge is 2.30. The van der Waals surface area contributed by atoms with E-state index in [2.05, 4.69) is 13.8 Å². The zero-order valence-electron chi connectivity index (χ0n) is 8.49. The average molecular weight is 185 g/mol. The van der Waals surface area contributed by atoms with E-state index < -0.39 is 0 Å². The summed E-state index contributed by atoms with van der Waals surface area (Å²) in [4.78, 5) is 13.6. The second-order valence-corrected chi connectivity index (χ2v) is 3.90. The van der Waals surface area contributed by atoms with Gasteiger partial charge in [0.05, 0.1) is 0 Å². The van der Waals surface area contributed by atoms with E-state index in [9.17, 15) is 4.79 Å². The van der Waals surface area contributed by atoms with Crippen molar-refractivity contribution in [1.29, 1.82) is 0 Å². The van der Waals surface area contributed by atoms with E-state index in [-0.39, 0.29) is 12.5 Å². The molecule has 1 saturated heterocycles. The van der Waals surface area contributed by atoms with Crippen LogP contribution in [0, 0.1) is 0 Å². The maximum atomic E-state index is 11.6. The van der Waals surface area contributed by atoms with Crippen molar-refractivity contribution < 1.29 is 9.90 Å². The number of likely N-dealkylation sites (tertiary alicyclic amines) is 1. The average Bonchev–Trinajstić information content (AvgIpc) is 2.42. The van der Waals surface area contributed by atoms with Crippen molar-refractivity contribution in [3.8, 4) is 0 Å². The Morgan fingerprint density at radius 3 is 2.38 bits per heavy atom. The summed E-state index contributed by atoms with van der Waals surface area (Å²) in [5.74, 6) is 0.201. The van der Waals surface area contributed by atoms with Gasteiger partial charge in [-0.25, -0.2) is 0 Å². The summed E-state index contributed by atoms with van der Waals surface area (Å²) in [6, 6.07) is 0.780. The molecule has 0 bridgehead atoms. The molecule has 0 saturated carbocycles. The highest BCUT2D eigenvalue weighted by molar-refractivity contribution is 5.77. The first-order valence-corrected chi connectivity index (χ1v) is 5.09. The molecule has 0 aliphatic carbocycles. The van der Waals surface area contributed by atoms with Gasteiger partial charge in [0.2, 0.25) is 5.91 Å². The van der Waals surface area contributed by atoms with Crippen molar-refractivity contribution in [2.75, 3.05) is 6.61 Å². The quantitative estimate of drug-likeness (QED) is 0.716. The van der Waals surface area contributed by atoms with Crippen LogP contribution in [-0.4, -0.2) is 34.6 Å². The lowest BCUT2D eigenvalue weighted by molar-refractivity contribution is -0.133. The Bertz CT molecular complexity index is 172. The highest BCUT2D eigenvalue weighted by Crippen LogP contribution is 2.24. The van der Waals surface area contributed by atoms with Crippen molar-refractivity contribution in [3.63, 3.8) is 0 Å². The third-order valence-electron chi connectivity index (χ3n) is 2.79. The summed E-state index contributed by atoms with van der Waals surface area (Å²) >= 11 is 0. The van der Waals surface area contributed by atoms with Gasteiger partial charge in [-0.15, -0.1) is 0 Å². The lowest BCUT2D eigenvalue weighted by Crippen LogP contribution is -2.38. The lowest BCUT2D eigenvalue weighted by Gasteiger charge is -2.26. The summed E-state index contributed by atoms with van der Waals surface area (Å²) in [5.41, 5.74) is 0. The van der Waals surface area contributed by atoms with Crippen molar-refractivity contribution >= 4 is 5.91 Å². The Labute approximate surface area is 79.7 Å². The molecular weight excluding hydrogens is 166 g/mol. The fourth-order valence-corrected chi connectivity index (χ4v) is 2.05. The third kappa shape index (κ3) is 2.44. The molecule has 0 aromatic rings. The van der Waals surface area contributed by atoms with Crippen molar-refractivity contribution in [3.05, 3.63) is 0 Å². The molecule has 2 atom stereocenters. The molecule has 1 aliphatic rings. The summed E-state index contributed by atoms with van der Waals surface area (Å²) in [7, 11) is 0. The number of hydrogen-bond donors (Lipinski definition) is 1. The van der Waals surface area contributed by atoms with Gasteiger partial charge in [0.15, 0.2) is 0 Å². The van der Waals surface area contributed by atoms with Crippen LogP contribution < -0.4 is 0 Å². The predicted octanol–water partition coefficient (Wildman–Crippen LogP) is 1.16. The van der Waals surface area contributed by atoms with Crippen LogP contribution in [-0.2, 0) is 4.79 Å². The number of nitrogens with zero attached hydrogens (tertiary/aromatic N) is 1. The van der Waals surface area contributed by atoms with Crippen LogP contribution in [0.25, 0.3) is 0 Å². The van der Waals surface area contributed by atoms with Crippen molar-refractivity contribution in [1.82, 2.24) is 4.90 Å². The van der Waals surface area contributed by atoms with Gasteiger partial charge >= 0.3 is 0 Å². The number of aliphatic hydroxyl groups is 1. The molecule has 1 amide bonds. The molecule has 0 aromatic heterocycles. The first-order chi connectivity index (χ1) is 6.16. The Morgan fingerprint density at radius 2 is 1.92 bits per heavy atom. The fourth-order valence-electron chi connectivity index (χ4n) is 2.05. The van der Waals surface area contributed by atoms with Crippen LogP contribution in [0.2, 0.25) is 0 Å². The van der Waals surface area contributed by atoms with Crippen LogP contribution in [0.1, 0.15) is 39.5 Å². The molecule has 1 rings (SSSR count). The molecule has 0 spiro atoms. The number of carbonyl (C=O) groups is 1. The molecule has 1 N–H and O–H groups in total. The van der Waals surface area contributed by atoms with Gasteiger partial charge in [0, 0.05) is 25.1 Å². The minimum atomic E-state index is 0.113. The molecule has 0 radical (unpaired) electrons. The molecule has 3 nitrogen and oxygen atoms in total. The zero-order valence-corrected chi connectivity index (χ0v) is 8.49. The number of aliphatic hydroxyl groups excluding tert-OH is 1. The summed E-state index contributed by atoms with van der Waals surface area (Å²) in [6.07, 6.45) is 3.32. The largest absolute Gasteiger partial charge is 0.396 e. The number of rotatable bonds is 3. The number of amides is 1. The van der Waals surface area contributed by atoms with Gasteiger partial charge in [-0.3, -0.25) is 4.79 Å². The minimum Gasteiger partial charge on any atom is -0.396 e. The topological polar surface area (TPSA) is 40.5 Å². The zero-order chi connectivity index (χ0) is 9.84. The molecule has 13 heavy (non-hydrogen) atoms. The minimum absolute atomic E-state index is 0.113. The molecule has 76 valence electrons. The summed E-state index contributed by atoms with van der Waals surface area (Å²) in [6.45, 7) is 4.31. The van der Waals surface area contributed by atoms with E-state index in [0.717, 1.165) is 12.8 Å². The second-order valence-electron chi connectivity index (χ2n) is 3.90. The van der Waals surface area contributed by atoms with Crippen molar-refractivity contribution in [2.24, 2.45) is 0 Å². The van der Waals surface area contributed by atoms with Crippen LogP contribution in [0.15, 0.2) is 0 Å². The predicted molar refractivity (Wildman–Crippen MR) is 51.3 cm³/mol. The lowest BCUT2D eigenvalue weighted by atomic mass is 10.2. The van der Waals surface area contributed by atoms with E-state index in [1.54, 1.807) is 0 Å². The molecule has 1 aliphatic heterocycles. The van der Waals surface area contributed by atoms with Crippen molar-refractivity contribution in [2.45, 2.75) is 51.6 Å². The van der Waals surface area contributed by atoms with E-state index in [1.807, 2.05) is 4.90 Å². The van der Waals surface area contributed by atoms with Crippen LogP contribution in [0.4, 0.5) is 0 Å². The molecule has 0 unspecified atom stereocenters. The van der Waals surface area contributed by atoms with Crippen LogP contribution in [0.3, 0.4) is 0 Å². The number of hydrogen-bond acceptors (Lipinski definition) is 2. The maximum Gasteiger partial charge on any atom is 0.223 e. The van der Waals surface area contributed by atoms with Gasteiger partial charge in [0.1, 0.15) is 0 Å². The van der Waals surface area contributed by atoms with E-state index in [0.29, 0.717) is 24.9 Å². The van der Waals surface area contributed by atoms with E-state index >= 15 is 0 Å². The summed E-state index contributed by atoms with van der Waals surface area (Å²) < 4.78 is 0. The molecular formula is C10H19NO2. The molecule has 3 heteroatoms. The Balaban J connectivity index is 2.44. The standard InChI is InChI=1S/C10H19NO2/c1-8-5-6-9(2)11(8)10(13)4-3-7-12/h8-9,12H,3-7H2,1-2H3/t8-,9-/m0/s1. The molecule has 1 heterocycles. The number of carbonyl (C=O) groups excluding carboxylic acids is 1. The van der Waals surface area contributed by atoms with Crippen LogP contribution >= 0.6 is 0 Å². The van der Waals surface area contributed by atoms with Gasteiger partial charge in [-0.2, -0.15) is 0 Å². The summed E-state index contributed by atoms with van der Waals surface area (Å²) in [5, 5.41) is 8.62. The van der Waals surface area contributed by atoms with E-state index in [4.69, 9.17) is 5.11 Å². The Hall–Kier alpha value is -0.570. The molecule has 0 aromatic carbocycles. The third-order valence-corrected chi connectivity index (χ3v) is 2.79. The fraction of sp³-hybridized carbons (Fsp3) is 0.900. The van der Waals surface area contributed by atoms with Gasteiger partial charge in [-0.1, -0.05) is 0 Å². The van der Waals surface area contributed by atoms with Gasteiger partial charge in [-0.05, 0) is 33.1 Å². The first kappa shape index (κ1) is 10.5. The van der Waals surface area contributed by atoms with Gasteiger partial charge < -0.3 is 10.0 Å². The first-order valence-electron chi connectivity index (χ1n) is 5.09. The molecule has 1 fully saturated rings. The monoisotopic (exact) mass is 185 g/mol. The maximum absolute atomic E-state index is 11.6. The Morgan fingerprint density at radius 1 is 1.38 bits per heavy atom. The second kappa shape index (κ2) is 4.61. The SMILES string of the molecule is C[C@H]1CC[C@H](C)N1C(=O)CCCO. The normalized spacial score (nSPS) is 28.1. The Kier molecular flexibility index (Phi) is 3.72. The smallest absolute Gasteiger partial charge is 0.223 e. The van der Waals surface area contributed by atoms with Gasteiger partial charge in [0.25, 0.3) is 0 Å².